The minimum Gasteiger partial charge on any atom is -0.463 e. The first kappa shape index (κ1) is 12.1. The molecule has 0 saturated carbocycles. The largest absolute Gasteiger partial charge is 0.463 e. The predicted octanol–water partition coefficient (Wildman–Crippen LogP) is -0.153. The normalized spacial score (nSPS) is 10.1. The summed E-state index contributed by atoms with van der Waals surface area (Å²) in [5.74, 6) is -0.907. The minimum absolute atomic E-state index is 0.0553. The second-order valence-electron chi connectivity index (χ2n) is 2.84. The Kier molecular flexibility index (Phi) is 3.95. The quantitative estimate of drug-likeness (QED) is 0.427. The van der Waals surface area contributed by atoms with Gasteiger partial charge >= 0.3 is 11.8 Å². The minimum atomic E-state index is -0.675. The van der Waals surface area contributed by atoms with E-state index >= 15 is 0 Å². The SMILES string of the molecule is CCOC(=O)Cn1c([N+](=O)[O-])cnc1CO. The van der Waals surface area contributed by atoms with Gasteiger partial charge in [0.2, 0.25) is 5.82 Å². The summed E-state index contributed by atoms with van der Waals surface area (Å²) in [4.78, 5) is 24.7. The van der Waals surface area contributed by atoms with Gasteiger partial charge in [-0.2, -0.15) is 4.57 Å². The molecule has 16 heavy (non-hydrogen) atoms. The van der Waals surface area contributed by atoms with Crippen LogP contribution in [-0.2, 0) is 22.7 Å². The van der Waals surface area contributed by atoms with Gasteiger partial charge in [-0.25, -0.2) is 9.78 Å². The summed E-state index contributed by atoms with van der Waals surface area (Å²) in [6.45, 7) is 1.01. The lowest BCUT2D eigenvalue weighted by Crippen LogP contribution is -2.17. The molecule has 0 saturated heterocycles. The van der Waals surface area contributed by atoms with Crippen LogP contribution < -0.4 is 0 Å². The summed E-state index contributed by atoms with van der Waals surface area (Å²) in [5, 5.41) is 19.5. The van der Waals surface area contributed by atoms with E-state index in [9.17, 15) is 14.9 Å². The summed E-state index contributed by atoms with van der Waals surface area (Å²) in [7, 11) is 0. The number of aromatic nitrogens is 2. The van der Waals surface area contributed by atoms with E-state index in [0.717, 1.165) is 10.8 Å². The van der Waals surface area contributed by atoms with E-state index in [1.54, 1.807) is 6.92 Å². The number of esters is 1. The first-order chi connectivity index (χ1) is 7.60. The van der Waals surface area contributed by atoms with E-state index in [0.29, 0.717) is 0 Å². The zero-order chi connectivity index (χ0) is 12.1. The predicted molar refractivity (Wildman–Crippen MR) is 51.4 cm³/mol. The molecular formula is C8H11N3O5. The lowest BCUT2D eigenvalue weighted by molar-refractivity contribution is -0.392. The van der Waals surface area contributed by atoms with E-state index in [4.69, 9.17) is 5.11 Å². The van der Waals surface area contributed by atoms with Crippen LogP contribution in [0.5, 0.6) is 0 Å². The molecule has 8 nitrogen and oxygen atoms in total. The van der Waals surface area contributed by atoms with Crippen molar-refractivity contribution in [2.75, 3.05) is 6.61 Å². The molecule has 1 rings (SSSR count). The molecule has 0 fully saturated rings. The number of ether oxygens (including phenoxy) is 1. The van der Waals surface area contributed by atoms with Crippen LogP contribution in [0.15, 0.2) is 6.20 Å². The van der Waals surface area contributed by atoms with Crippen molar-refractivity contribution in [3.8, 4) is 0 Å². The number of imidazole rings is 1. The Bertz CT molecular complexity index is 400. The Morgan fingerprint density at radius 2 is 2.44 bits per heavy atom. The summed E-state index contributed by atoms with van der Waals surface area (Å²) >= 11 is 0. The van der Waals surface area contributed by atoms with Gasteiger partial charge < -0.3 is 20.0 Å². The number of rotatable bonds is 5. The zero-order valence-corrected chi connectivity index (χ0v) is 8.62. The average molecular weight is 229 g/mol. The molecule has 0 aliphatic rings. The third-order valence-corrected chi connectivity index (χ3v) is 1.84. The molecule has 0 radical (unpaired) electrons. The van der Waals surface area contributed by atoms with Crippen LogP contribution in [-0.4, -0.2) is 32.2 Å². The highest BCUT2D eigenvalue weighted by Gasteiger charge is 2.22. The van der Waals surface area contributed by atoms with E-state index in [1.807, 2.05) is 0 Å². The first-order valence-electron chi connectivity index (χ1n) is 4.55. The molecule has 0 atom stereocenters. The van der Waals surface area contributed by atoms with Crippen molar-refractivity contribution < 1.29 is 19.6 Å². The molecule has 1 aromatic heterocycles. The Balaban J connectivity index is 2.95. The second-order valence-corrected chi connectivity index (χ2v) is 2.84. The van der Waals surface area contributed by atoms with Gasteiger partial charge in [0.1, 0.15) is 12.8 Å². The Morgan fingerprint density at radius 3 is 2.94 bits per heavy atom. The molecule has 0 aliphatic heterocycles. The molecule has 1 aromatic rings. The highest BCUT2D eigenvalue weighted by atomic mass is 16.6. The Hall–Kier alpha value is -1.96. The van der Waals surface area contributed by atoms with Crippen molar-refractivity contribution in [1.29, 1.82) is 0 Å². The number of carbonyl (C=O) groups is 1. The van der Waals surface area contributed by atoms with E-state index < -0.39 is 17.5 Å². The maximum Gasteiger partial charge on any atom is 0.348 e. The zero-order valence-electron chi connectivity index (χ0n) is 8.62. The van der Waals surface area contributed by atoms with Crippen molar-refractivity contribution in [3.63, 3.8) is 0 Å². The highest BCUT2D eigenvalue weighted by Crippen LogP contribution is 2.14. The van der Waals surface area contributed by atoms with E-state index in [-0.39, 0.29) is 24.8 Å². The molecule has 8 heteroatoms. The number of nitrogens with zero attached hydrogens (tertiary/aromatic N) is 3. The maximum absolute atomic E-state index is 11.2. The fourth-order valence-electron chi connectivity index (χ4n) is 1.18. The lowest BCUT2D eigenvalue weighted by atomic mass is 10.5. The number of hydrogen-bond donors (Lipinski definition) is 1. The van der Waals surface area contributed by atoms with Crippen molar-refractivity contribution in [2.45, 2.75) is 20.1 Å². The van der Waals surface area contributed by atoms with Gasteiger partial charge in [0.25, 0.3) is 0 Å². The fourth-order valence-corrected chi connectivity index (χ4v) is 1.18. The van der Waals surface area contributed by atoms with Gasteiger partial charge in [0.05, 0.1) is 6.61 Å². The first-order valence-corrected chi connectivity index (χ1v) is 4.55. The van der Waals surface area contributed by atoms with Gasteiger partial charge in [0.15, 0.2) is 6.54 Å². The van der Waals surface area contributed by atoms with Gasteiger partial charge in [0, 0.05) is 0 Å². The number of carbonyl (C=O) groups excluding carboxylic acids is 1. The van der Waals surface area contributed by atoms with Gasteiger partial charge in [-0.1, -0.05) is 0 Å². The van der Waals surface area contributed by atoms with E-state index in [2.05, 4.69) is 9.72 Å². The van der Waals surface area contributed by atoms with Crippen LogP contribution in [0.2, 0.25) is 0 Å². The molecule has 88 valence electrons. The van der Waals surface area contributed by atoms with E-state index in [1.165, 1.54) is 0 Å². The maximum atomic E-state index is 11.2. The van der Waals surface area contributed by atoms with Crippen molar-refractivity contribution in [1.82, 2.24) is 9.55 Å². The molecule has 1 N–H and O–H groups in total. The topological polar surface area (TPSA) is 107 Å². The molecular weight excluding hydrogens is 218 g/mol. The molecule has 0 amide bonds. The summed E-state index contributed by atoms with van der Waals surface area (Å²) in [6, 6.07) is 0. The fraction of sp³-hybridized carbons (Fsp3) is 0.500. The van der Waals surface area contributed by atoms with Crippen LogP contribution >= 0.6 is 0 Å². The number of aliphatic hydroxyl groups excluding tert-OH is 1. The molecule has 0 aliphatic carbocycles. The average Bonchev–Trinajstić information content (AvgIpc) is 2.61. The summed E-state index contributed by atoms with van der Waals surface area (Å²) in [6.07, 6.45) is 0.991. The Labute approximate surface area is 90.6 Å². The Morgan fingerprint density at radius 1 is 1.75 bits per heavy atom. The molecule has 1 heterocycles. The van der Waals surface area contributed by atoms with Crippen molar-refractivity contribution in [3.05, 3.63) is 22.1 Å². The number of aliphatic hydroxyl groups is 1. The number of hydrogen-bond acceptors (Lipinski definition) is 6. The van der Waals surface area contributed by atoms with Crippen LogP contribution in [0.1, 0.15) is 12.7 Å². The van der Waals surface area contributed by atoms with Gasteiger partial charge in [-0.05, 0) is 11.8 Å². The van der Waals surface area contributed by atoms with Crippen molar-refractivity contribution in [2.24, 2.45) is 0 Å². The third-order valence-electron chi connectivity index (χ3n) is 1.84. The van der Waals surface area contributed by atoms with Gasteiger partial charge in [-0.3, -0.25) is 0 Å². The second kappa shape index (κ2) is 5.21. The monoisotopic (exact) mass is 229 g/mol. The molecule has 0 bridgehead atoms. The summed E-state index contributed by atoms with van der Waals surface area (Å²) < 4.78 is 5.67. The van der Waals surface area contributed by atoms with Crippen LogP contribution in [0.3, 0.4) is 0 Å². The standard InChI is InChI=1S/C8H11N3O5/c1-2-16-8(13)4-10-6(5-12)9-3-7(10)11(14)15/h3,12H,2,4-5H2,1H3. The molecule has 0 spiro atoms. The third kappa shape index (κ3) is 2.54. The number of nitro groups is 1. The van der Waals surface area contributed by atoms with Crippen LogP contribution in [0.4, 0.5) is 5.82 Å². The van der Waals surface area contributed by atoms with Crippen LogP contribution in [0, 0.1) is 10.1 Å². The molecule has 0 unspecified atom stereocenters. The summed E-state index contributed by atoms with van der Waals surface area (Å²) in [5.41, 5.74) is 0. The molecule has 0 aromatic carbocycles. The van der Waals surface area contributed by atoms with Gasteiger partial charge in [-0.15, -0.1) is 0 Å². The lowest BCUT2D eigenvalue weighted by Gasteiger charge is -2.03. The smallest absolute Gasteiger partial charge is 0.348 e. The highest BCUT2D eigenvalue weighted by molar-refractivity contribution is 5.69. The van der Waals surface area contributed by atoms with Crippen LogP contribution in [0.25, 0.3) is 0 Å². The van der Waals surface area contributed by atoms with Crippen molar-refractivity contribution >= 4 is 11.8 Å².